The van der Waals surface area contributed by atoms with Gasteiger partial charge in [0.05, 0.1) is 0 Å². The largest absolute Gasteiger partial charge is 0.323 e. The van der Waals surface area contributed by atoms with Crippen molar-refractivity contribution in [2.24, 2.45) is 17.6 Å². The molecule has 100 valence electrons. The topological polar surface area (TPSA) is 26.0 Å². The first-order valence-electron chi connectivity index (χ1n) is 7.66. The molecular formula is C16H25NS. The summed E-state index contributed by atoms with van der Waals surface area (Å²) in [5, 5.41) is 0. The molecule has 3 rings (SSSR count). The van der Waals surface area contributed by atoms with Gasteiger partial charge in [0.15, 0.2) is 0 Å². The van der Waals surface area contributed by atoms with Crippen molar-refractivity contribution in [3.05, 3.63) is 21.4 Å². The molecule has 2 heteroatoms. The first-order valence-corrected chi connectivity index (χ1v) is 8.48. The maximum atomic E-state index is 6.61. The lowest BCUT2D eigenvalue weighted by atomic mass is 9.74. The number of thiophene rings is 1. The van der Waals surface area contributed by atoms with E-state index in [1.54, 1.807) is 10.4 Å². The van der Waals surface area contributed by atoms with Crippen LogP contribution in [0.15, 0.2) is 6.07 Å². The van der Waals surface area contributed by atoms with Crippen LogP contribution in [0, 0.1) is 11.8 Å². The van der Waals surface area contributed by atoms with Crippen molar-refractivity contribution in [1.29, 1.82) is 0 Å². The monoisotopic (exact) mass is 263 g/mol. The van der Waals surface area contributed by atoms with Crippen LogP contribution in [0.5, 0.6) is 0 Å². The average molecular weight is 263 g/mol. The molecule has 2 aliphatic rings. The van der Waals surface area contributed by atoms with Gasteiger partial charge in [-0.2, -0.15) is 0 Å². The Morgan fingerprint density at radius 3 is 2.89 bits per heavy atom. The first-order chi connectivity index (χ1) is 8.79. The van der Waals surface area contributed by atoms with E-state index < -0.39 is 0 Å². The highest BCUT2D eigenvalue weighted by molar-refractivity contribution is 7.12. The highest BCUT2D eigenvalue weighted by Crippen LogP contribution is 2.42. The Hall–Kier alpha value is -0.340. The van der Waals surface area contributed by atoms with Crippen molar-refractivity contribution < 1.29 is 0 Å². The molecule has 0 saturated heterocycles. The van der Waals surface area contributed by atoms with Gasteiger partial charge in [-0.25, -0.2) is 0 Å². The van der Waals surface area contributed by atoms with E-state index in [1.165, 1.54) is 56.2 Å². The van der Waals surface area contributed by atoms with Crippen molar-refractivity contribution in [3.63, 3.8) is 0 Å². The molecule has 0 radical (unpaired) electrons. The minimum absolute atomic E-state index is 0.311. The normalized spacial score (nSPS) is 29.2. The van der Waals surface area contributed by atoms with Gasteiger partial charge in [0.1, 0.15) is 0 Å². The zero-order chi connectivity index (χ0) is 12.5. The molecule has 1 nitrogen and oxygen atoms in total. The van der Waals surface area contributed by atoms with Crippen LogP contribution in [0.2, 0.25) is 0 Å². The Bertz CT molecular complexity index is 388. The fraction of sp³-hybridized carbons (Fsp3) is 0.750. The van der Waals surface area contributed by atoms with E-state index in [-0.39, 0.29) is 0 Å². The molecule has 0 bridgehead atoms. The lowest BCUT2D eigenvalue weighted by Gasteiger charge is -2.34. The summed E-state index contributed by atoms with van der Waals surface area (Å²) in [5.74, 6) is 1.60. The number of hydrogen-bond donors (Lipinski definition) is 1. The van der Waals surface area contributed by atoms with E-state index in [1.807, 2.05) is 11.3 Å². The summed E-state index contributed by atoms with van der Waals surface area (Å²) in [6.45, 7) is 2.34. The van der Waals surface area contributed by atoms with Gasteiger partial charge in [0, 0.05) is 15.8 Å². The van der Waals surface area contributed by atoms with Crippen LogP contribution >= 0.6 is 11.3 Å². The average Bonchev–Trinajstić information content (AvgIpc) is 2.98. The van der Waals surface area contributed by atoms with Crippen molar-refractivity contribution in [2.75, 3.05) is 0 Å². The molecule has 1 heterocycles. The fourth-order valence-electron chi connectivity index (χ4n) is 3.94. The predicted octanol–water partition coefficient (Wildman–Crippen LogP) is 4.45. The van der Waals surface area contributed by atoms with Crippen molar-refractivity contribution in [2.45, 2.75) is 64.3 Å². The third-order valence-corrected chi connectivity index (χ3v) is 6.39. The summed E-state index contributed by atoms with van der Waals surface area (Å²) >= 11 is 2.01. The summed E-state index contributed by atoms with van der Waals surface area (Å²) < 4.78 is 0. The van der Waals surface area contributed by atoms with Gasteiger partial charge in [-0.15, -0.1) is 11.3 Å². The molecule has 1 saturated carbocycles. The Kier molecular flexibility index (Phi) is 3.76. The van der Waals surface area contributed by atoms with Gasteiger partial charge in [-0.3, -0.25) is 0 Å². The molecule has 1 fully saturated rings. The molecule has 2 aliphatic carbocycles. The lowest BCUT2D eigenvalue weighted by molar-refractivity contribution is 0.198. The van der Waals surface area contributed by atoms with Gasteiger partial charge in [-0.05, 0) is 49.1 Å². The van der Waals surface area contributed by atoms with Gasteiger partial charge in [0.2, 0.25) is 0 Å². The van der Waals surface area contributed by atoms with Gasteiger partial charge in [-0.1, -0.05) is 32.6 Å². The summed E-state index contributed by atoms with van der Waals surface area (Å²) in [7, 11) is 0. The summed E-state index contributed by atoms with van der Waals surface area (Å²) in [4.78, 5) is 3.11. The third-order valence-electron chi connectivity index (χ3n) is 5.05. The van der Waals surface area contributed by atoms with Crippen LogP contribution in [0.3, 0.4) is 0 Å². The molecule has 2 N–H and O–H groups in total. The Labute approximate surface area is 115 Å². The van der Waals surface area contributed by atoms with Crippen LogP contribution in [-0.4, -0.2) is 0 Å². The zero-order valence-electron chi connectivity index (χ0n) is 11.5. The van der Waals surface area contributed by atoms with Crippen LogP contribution in [0.4, 0.5) is 0 Å². The van der Waals surface area contributed by atoms with Gasteiger partial charge >= 0.3 is 0 Å². The second kappa shape index (κ2) is 5.34. The standard InChI is InChI=1S/C16H25NS/c1-2-11-6-3-4-8-13(11)16(17)15-10-12-7-5-9-14(12)18-15/h10-11,13,16H,2-9,17H2,1H3. The van der Waals surface area contributed by atoms with E-state index in [9.17, 15) is 0 Å². The maximum Gasteiger partial charge on any atom is 0.0421 e. The predicted molar refractivity (Wildman–Crippen MR) is 79.0 cm³/mol. The SMILES string of the molecule is CCC1CCCCC1C(N)c1cc2c(s1)CCC2. The first kappa shape index (κ1) is 12.7. The molecule has 3 atom stereocenters. The summed E-state index contributed by atoms with van der Waals surface area (Å²) in [6.07, 6.45) is 10.8. The zero-order valence-corrected chi connectivity index (χ0v) is 12.3. The Morgan fingerprint density at radius 1 is 1.28 bits per heavy atom. The number of aryl methyl sites for hydroxylation is 2. The lowest BCUT2D eigenvalue weighted by Crippen LogP contribution is -2.29. The highest BCUT2D eigenvalue weighted by atomic mass is 32.1. The van der Waals surface area contributed by atoms with Crippen LogP contribution in [0.25, 0.3) is 0 Å². The second-order valence-electron chi connectivity index (χ2n) is 6.09. The minimum Gasteiger partial charge on any atom is -0.323 e. The number of fused-ring (bicyclic) bond motifs is 1. The van der Waals surface area contributed by atoms with Crippen LogP contribution in [0.1, 0.15) is 66.8 Å². The molecule has 0 aromatic carbocycles. The van der Waals surface area contributed by atoms with E-state index >= 15 is 0 Å². The summed E-state index contributed by atoms with van der Waals surface area (Å²) in [6, 6.07) is 2.74. The van der Waals surface area contributed by atoms with Gasteiger partial charge < -0.3 is 5.73 Å². The van der Waals surface area contributed by atoms with E-state index in [4.69, 9.17) is 5.73 Å². The third kappa shape index (κ3) is 2.25. The van der Waals surface area contributed by atoms with Crippen molar-refractivity contribution >= 4 is 11.3 Å². The number of hydrogen-bond acceptors (Lipinski definition) is 2. The molecule has 0 aliphatic heterocycles. The molecule has 0 spiro atoms. The summed E-state index contributed by atoms with van der Waals surface area (Å²) in [5.41, 5.74) is 8.21. The van der Waals surface area contributed by atoms with Crippen LogP contribution < -0.4 is 5.73 Å². The molecular weight excluding hydrogens is 238 g/mol. The molecule has 1 aromatic rings. The maximum absolute atomic E-state index is 6.61. The Morgan fingerprint density at radius 2 is 2.11 bits per heavy atom. The molecule has 3 unspecified atom stereocenters. The quantitative estimate of drug-likeness (QED) is 0.856. The second-order valence-corrected chi connectivity index (χ2v) is 7.26. The van der Waals surface area contributed by atoms with Crippen LogP contribution in [-0.2, 0) is 12.8 Å². The minimum atomic E-state index is 0.311. The van der Waals surface area contributed by atoms with E-state index in [0.29, 0.717) is 6.04 Å². The fourth-order valence-corrected chi connectivity index (χ4v) is 5.28. The van der Waals surface area contributed by atoms with Gasteiger partial charge in [0.25, 0.3) is 0 Å². The molecule has 18 heavy (non-hydrogen) atoms. The van der Waals surface area contributed by atoms with E-state index in [0.717, 1.165) is 11.8 Å². The highest BCUT2D eigenvalue weighted by Gasteiger charge is 2.31. The Balaban J connectivity index is 1.77. The molecule has 0 amide bonds. The van der Waals surface area contributed by atoms with Crippen molar-refractivity contribution in [3.8, 4) is 0 Å². The number of rotatable bonds is 3. The molecule has 1 aromatic heterocycles. The number of nitrogens with two attached hydrogens (primary N) is 1. The van der Waals surface area contributed by atoms with E-state index in [2.05, 4.69) is 13.0 Å². The smallest absolute Gasteiger partial charge is 0.0421 e. The van der Waals surface area contributed by atoms with Crippen molar-refractivity contribution in [1.82, 2.24) is 0 Å².